The number of anilines is 1. The van der Waals surface area contributed by atoms with Gasteiger partial charge in [-0.3, -0.25) is 0 Å². The summed E-state index contributed by atoms with van der Waals surface area (Å²) in [6.45, 7) is 11.3. The van der Waals surface area contributed by atoms with Gasteiger partial charge >= 0.3 is 0 Å². The van der Waals surface area contributed by atoms with E-state index in [2.05, 4.69) is 86.1 Å². The van der Waals surface area contributed by atoms with Crippen LogP contribution in [-0.4, -0.2) is 38.1 Å². The van der Waals surface area contributed by atoms with Gasteiger partial charge in [0, 0.05) is 31.9 Å². The fourth-order valence-electron chi connectivity index (χ4n) is 3.29. The van der Waals surface area contributed by atoms with E-state index < -0.39 is 0 Å². The number of likely N-dealkylation sites (N-methyl/N-ethyl adjacent to an activating group) is 1. The van der Waals surface area contributed by atoms with Crippen LogP contribution in [0.3, 0.4) is 0 Å². The summed E-state index contributed by atoms with van der Waals surface area (Å²) in [5.74, 6) is 0. The topological polar surface area (TPSA) is 6.48 Å². The van der Waals surface area contributed by atoms with Crippen LogP contribution in [0.4, 0.5) is 5.69 Å². The van der Waals surface area contributed by atoms with E-state index in [4.69, 9.17) is 0 Å². The Bertz CT molecular complexity index is 659. The van der Waals surface area contributed by atoms with Gasteiger partial charge in [-0.2, -0.15) is 0 Å². The van der Waals surface area contributed by atoms with Crippen LogP contribution >= 0.6 is 0 Å². The van der Waals surface area contributed by atoms with Crippen molar-refractivity contribution in [3.05, 3.63) is 65.2 Å². The minimum atomic E-state index is 0.222. The Balaban J connectivity index is 1.70. The second-order valence-corrected chi connectivity index (χ2v) is 8.08. The average Bonchev–Trinajstić information content (AvgIpc) is 2.55. The molecule has 1 aliphatic heterocycles. The fourth-order valence-corrected chi connectivity index (χ4v) is 3.29. The van der Waals surface area contributed by atoms with E-state index in [-0.39, 0.29) is 5.41 Å². The first kappa shape index (κ1) is 17.0. The van der Waals surface area contributed by atoms with Crippen molar-refractivity contribution in [2.75, 3.05) is 38.1 Å². The molecule has 2 nitrogen and oxygen atoms in total. The van der Waals surface area contributed by atoms with Gasteiger partial charge in [0.2, 0.25) is 0 Å². The minimum Gasteiger partial charge on any atom is -0.369 e. The highest BCUT2D eigenvalue weighted by atomic mass is 15.2. The number of piperazine rings is 1. The molecule has 0 atom stereocenters. The monoisotopic (exact) mass is 322 g/mol. The van der Waals surface area contributed by atoms with Gasteiger partial charge in [0.25, 0.3) is 0 Å². The zero-order valence-electron chi connectivity index (χ0n) is 15.5. The standard InChI is InChI=1S/C22H30N2/c1-22(2,3)20-10-8-18(9-11-20)16-19-6-5-7-21(17-19)24-14-12-23(4)13-15-24/h5-11,17H,12-16H2,1-4H3. The van der Waals surface area contributed by atoms with E-state index >= 15 is 0 Å². The zero-order chi connectivity index (χ0) is 17.2. The van der Waals surface area contributed by atoms with Crippen LogP contribution < -0.4 is 4.90 Å². The van der Waals surface area contributed by atoms with E-state index in [1.807, 2.05) is 0 Å². The van der Waals surface area contributed by atoms with E-state index in [0.717, 1.165) is 32.6 Å². The van der Waals surface area contributed by atoms with Crippen molar-refractivity contribution in [1.82, 2.24) is 4.90 Å². The Morgan fingerprint density at radius 2 is 1.50 bits per heavy atom. The van der Waals surface area contributed by atoms with Crippen LogP contribution in [0.1, 0.15) is 37.5 Å². The first-order valence-electron chi connectivity index (χ1n) is 9.04. The van der Waals surface area contributed by atoms with Crippen LogP contribution in [-0.2, 0) is 11.8 Å². The first-order chi connectivity index (χ1) is 11.4. The van der Waals surface area contributed by atoms with Crippen molar-refractivity contribution in [2.24, 2.45) is 0 Å². The predicted molar refractivity (Wildman–Crippen MR) is 104 cm³/mol. The molecule has 0 bridgehead atoms. The predicted octanol–water partition coefficient (Wildman–Crippen LogP) is 4.33. The molecule has 0 amide bonds. The molecule has 24 heavy (non-hydrogen) atoms. The quantitative estimate of drug-likeness (QED) is 0.830. The van der Waals surface area contributed by atoms with Crippen LogP contribution in [0.25, 0.3) is 0 Å². The first-order valence-corrected chi connectivity index (χ1v) is 9.04. The smallest absolute Gasteiger partial charge is 0.0369 e. The summed E-state index contributed by atoms with van der Waals surface area (Å²) >= 11 is 0. The largest absolute Gasteiger partial charge is 0.369 e. The van der Waals surface area contributed by atoms with Gasteiger partial charge in [-0.05, 0) is 47.7 Å². The molecule has 0 spiro atoms. The maximum atomic E-state index is 2.51. The average molecular weight is 322 g/mol. The number of nitrogens with zero attached hydrogens (tertiary/aromatic N) is 2. The van der Waals surface area contributed by atoms with E-state index in [1.165, 1.54) is 22.4 Å². The Morgan fingerprint density at radius 1 is 0.833 bits per heavy atom. The highest BCUT2D eigenvalue weighted by Gasteiger charge is 2.15. The summed E-state index contributed by atoms with van der Waals surface area (Å²) in [6, 6.07) is 18.2. The molecule has 0 unspecified atom stereocenters. The van der Waals surface area contributed by atoms with Gasteiger partial charge < -0.3 is 9.80 Å². The van der Waals surface area contributed by atoms with Gasteiger partial charge in [0.05, 0.1) is 0 Å². The van der Waals surface area contributed by atoms with Gasteiger partial charge in [0.15, 0.2) is 0 Å². The number of hydrogen-bond donors (Lipinski definition) is 0. The van der Waals surface area contributed by atoms with E-state index in [1.54, 1.807) is 0 Å². The Morgan fingerprint density at radius 3 is 2.12 bits per heavy atom. The lowest BCUT2D eigenvalue weighted by Gasteiger charge is -2.34. The third kappa shape index (κ3) is 4.18. The third-order valence-electron chi connectivity index (χ3n) is 5.01. The molecule has 0 aromatic heterocycles. The van der Waals surface area contributed by atoms with Crippen LogP contribution in [0, 0.1) is 0 Å². The van der Waals surface area contributed by atoms with Crippen molar-refractivity contribution in [3.8, 4) is 0 Å². The Hall–Kier alpha value is -1.80. The second-order valence-electron chi connectivity index (χ2n) is 8.08. The summed E-state index contributed by atoms with van der Waals surface area (Å²) in [7, 11) is 2.20. The highest BCUT2D eigenvalue weighted by Crippen LogP contribution is 2.24. The van der Waals surface area contributed by atoms with Gasteiger partial charge in [-0.15, -0.1) is 0 Å². The van der Waals surface area contributed by atoms with Gasteiger partial charge in [0.1, 0.15) is 0 Å². The SMILES string of the molecule is CN1CCN(c2cccc(Cc3ccc(C(C)(C)C)cc3)c2)CC1. The van der Waals surface area contributed by atoms with Crippen molar-refractivity contribution < 1.29 is 0 Å². The molecule has 128 valence electrons. The number of rotatable bonds is 3. The van der Waals surface area contributed by atoms with Gasteiger partial charge in [-0.25, -0.2) is 0 Å². The lowest BCUT2D eigenvalue weighted by molar-refractivity contribution is 0.313. The number of benzene rings is 2. The molecule has 1 saturated heterocycles. The molecule has 0 aliphatic carbocycles. The number of hydrogen-bond acceptors (Lipinski definition) is 2. The Kier molecular flexibility index (Phi) is 4.96. The van der Waals surface area contributed by atoms with Crippen molar-refractivity contribution >= 4 is 5.69 Å². The molecular weight excluding hydrogens is 292 g/mol. The van der Waals surface area contributed by atoms with Crippen molar-refractivity contribution in [2.45, 2.75) is 32.6 Å². The highest BCUT2D eigenvalue weighted by molar-refractivity contribution is 5.50. The van der Waals surface area contributed by atoms with Crippen molar-refractivity contribution in [3.63, 3.8) is 0 Å². The molecule has 0 radical (unpaired) electrons. The summed E-state index contributed by atoms with van der Waals surface area (Å²) in [5.41, 5.74) is 5.78. The maximum absolute atomic E-state index is 2.51. The summed E-state index contributed by atoms with van der Waals surface area (Å²) < 4.78 is 0. The molecular formula is C22H30N2. The molecule has 2 heteroatoms. The molecule has 1 aliphatic rings. The second kappa shape index (κ2) is 6.98. The summed E-state index contributed by atoms with van der Waals surface area (Å²) in [6.07, 6.45) is 1.01. The minimum absolute atomic E-state index is 0.222. The molecule has 1 fully saturated rings. The molecule has 0 N–H and O–H groups in total. The van der Waals surface area contributed by atoms with Crippen LogP contribution in [0.15, 0.2) is 48.5 Å². The van der Waals surface area contributed by atoms with Crippen molar-refractivity contribution in [1.29, 1.82) is 0 Å². The molecule has 0 saturated carbocycles. The van der Waals surface area contributed by atoms with E-state index in [0.29, 0.717) is 0 Å². The molecule has 1 heterocycles. The lowest BCUT2D eigenvalue weighted by Crippen LogP contribution is -2.44. The van der Waals surface area contributed by atoms with E-state index in [9.17, 15) is 0 Å². The zero-order valence-corrected chi connectivity index (χ0v) is 15.5. The maximum Gasteiger partial charge on any atom is 0.0369 e. The van der Waals surface area contributed by atoms with Crippen LogP contribution in [0.5, 0.6) is 0 Å². The molecule has 2 aromatic rings. The van der Waals surface area contributed by atoms with Gasteiger partial charge in [-0.1, -0.05) is 57.2 Å². The van der Waals surface area contributed by atoms with Crippen LogP contribution in [0.2, 0.25) is 0 Å². The molecule has 2 aromatic carbocycles. The summed E-state index contributed by atoms with van der Waals surface area (Å²) in [5, 5.41) is 0. The normalized spacial score (nSPS) is 16.4. The Labute approximate surface area is 147 Å². The summed E-state index contributed by atoms with van der Waals surface area (Å²) in [4.78, 5) is 4.91. The molecule has 3 rings (SSSR count). The fraction of sp³-hybridized carbons (Fsp3) is 0.455. The third-order valence-corrected chi connectivity index (χ3v) is 5.01. The lowest BCUT2D eigenvalue weighted by atomic mass is 9.86.